The Morgan fingerprint density at radius 3 is 2.68 bits per heavy atom. The van der Waals surface area contributed by atoms with Crippen LogP contribution >= 0.6 is 11.6 Å². The fourth-order valence-electron chi connectivity index (χ4n) is 4.18. The lowest BCUT2D eigenvalue weighted by atomic mass is 10.0. The van der Waals surface area contributed by atoms with Crippen molar-refractivity contribution in [3.8, 4) is 11.3 Å². The molecular formula is C23H19ClN8O2. The highest BCUT2D eigenvalue weighted by Crippen LogP contribution is 2.34. The Bertz CT molecular complexity index is 1500. The molecule has 0 saturated carbocycles. The number of halogens is 1. The summed E-state index contributed by atoms with van der Waals surface area (Å²) >= 11 is 6.49. The van der Waals surface area contributed by atoms with Gasteiger partial charge < -0.3 is 16.0 Å². The lowest BCUT2D eigenvalue weighted by Crippen LogP contribution is -2.41. The zero-order valence-corrected chi connectivity index (χ0v) is 18.9. The van der Waals surface area contributed by atoms with Crippen LogP contribution in [0.3, 0.4) is 0 Å². The van der Waals surface area contributed by atoms with E-state index in [9.17, 15) is 9.59 Å². The van der Waals surface area contributed by atoms with Gasteiger partial charge in [-0.1, -0.05) is 23.7 Å². The molecule has 0 bridgehead atoms. The fraction of sp³-hybridized carbons (Fsp3) is 0.174. The Labute approximate surface area is 199 Å². The molecule has 0 saturated heterocycles. The quantitative estimate of drug-likeness (QED) is 0.439. The smallest absolute Gasteiger partial charge is 0.322 e. The van der Waals surface area contributed by atoms with Crippen LogP contribution in [0.25, 0.3) is 27.0 Å². The van der Waals surface area contributed by atoms with Crippen molar-refractivity contribution < 1.29 is 9.59 Å². The maximum absolute atomic E-state index is 12.9. The second-order valence-corrected chi connectivity index (χ2v) is 8.34. The standard InChI is InChI=1S/C23H19ClN8O2/c1-26-15-3-5-16(6-4-15)28-23(34)31-7-8-32-18(12-31)19(22(25)33)20(29-32)13-9-14-11-27-30(2)21(14)17(24)10-13/h3-6,9-11H,7-8,12H2,2H3,(H2,25,33)(H,28,34). The molecule has 0 atom stereocenters. The number of amides is 3. The number of urea groups is 1. The third-order valence-electron chi connectivity index (χ3n) is 5.82. The largest absolute Gasteiger partial charge is 0.365 e. The molecule has 3 N–H and O–H groups in total. The number of rotatable bonds is 3. The van der Waals surface area contributed by atoms with Gasteiger partial charge in [-0.25, -0.2) is 9.64 Å². The topological polar surface area (TPSA) is 115 Å². The molecular weight excluding hydrogens is 456 g/mol. The summed E-state index contributed by atoms with van der Waals surface area (Å²) in [4.78, 5) is 30.3. The highest BCUT2D eigenvalue weighted by molar-refractivity contribution is 6.35. The molecule has 1 aliphatic rings. The molecule has 10 nitrogen and oxygen atoms in total. The minimum atomic E-state index is -0.629. The zero-order chi connectivity index (χ0) is 24.0. The Morgan fingerprint density at radius 1 is 1.21 bits per heavy atom. The molecule has 170 valence electrons. The number of primary amides is 1. The number of carbonyl (C=O) groups is 2. The molecule has 1 aliphatic heterocycles. The number of hydrogen-bond donors (Lipinski definition) is 2. The molecule has 3 heterocycles. The van der Waals surface area contributed by atoms with Gasteiger partial charge in [0, 0.05) is 30.2 Å². The average Bonchev–Trinajstić information content (AvgIpc) is 3.40. The van der Waals surface area contributed by atoms with Crippen molar-refractivity contribution in [3.05, 3.63) is 70.3 Å². The van der Waals surface area contributed by atoms with Crippen LogP contribution in [-0.2, 0) is 20.1 Å². The molecule has 0 aliphatic carbocycles. The maximum Gasteiger partial charge on any atom is 0.322 e. The molecule has 0 spiro atoms. The summed E-state index contributed by atoms with van der Waals surface area (Å²) in [5, 5.41) is 13.0. The first-order chi connectivity index (χ1) is 16.4. The van der Waals surface area contributed by atoms with E-state index in [1.54, 1.807) is 57.8 Å². The predicted molar refractivity (Wildman–Crippen MR) is 128 cm³/mol. The van der Waals surface area contributed by atoms with E-state index in [1.807, 2.05) is 6.07 Å². The highest BCUT2D eigenvalue weighted by atomic mass is 35.5. The number of hydrogen-bond acceptors (Lipinski definition) is 4. The van der Waals surface area contributed by atoms with Crippen LogP contribution in [0.5, 0.6) is 0 Å². The Morgan fingerprint density at radius 2 is 1.97 bits per heavy atom. The van der Waals surface area contributed by atoms with Crippen molar-refractivity contribution in [3.63, 3.8) is 0 Å². The van der Waals surface area contributed by atoms with Gasteiger partial charge in [-0.2, -0.15) is 10.2 Å². The summed E-state index contributed by atoms with van der Waals surface area (Å²) < 4.78 is 3.39. The van der Waals surface area contributed by atoms with Gasteiger partial charge >= 0.3 is 6.03 Å². The van der Waals surface area contributed by atoms with Gasteiger partial charge in [0.05, 0.1) is 47.7 Å². The number of benzene rings is 2. The maximum atomic E-state index is 12.9. The number of aromatic nitrogens is 4. The van der Waals surface area contributed by atoms with E-state index in [4.69, 9.17) is 23.9 Å². The Hall–Kier alpha value is -4.36. The number of anilines is 1. The molecule has 5 rings (SSSR count). The van der Waals surface area contributed by atoms with E-state index in [1.165, 1.54) is 0 Å². The Kier molecular flexibility index (Phi) is 5.18. The highest BCUT2D eigenvalue weighted by Gasteiger charge is 2.30. The van der Waals surface area contributed by atoms with Gasteiger partial charge in [-0.3, -0.25) is 14.2 Å². The minimum Gasteiger partial charge on any atom is -0.365 e. The summed E-state index contributed by atoms with van der Waals surface area (Å²) in [6.07, 6.45) is 1.70. The van der Waals surface area contributed by atoms with Gasteiger partial charge in [-0.05, 0) is 24.3 Å². The molecule has 2 aromatic heterocycles. The Balaban J connectivity index is 1.47. The van der Waals surface area contributed by atoms with Crippen LogP contribution in [0, 0.1) is 6.57 Å². The van der Waals surface area contributed by atoms with Gasteiger partial charge in [0.15, 0.2) is 5.69 Å². The van der Waals surface area contributed by atoms with E-state index in [0.717, 1.165) is 10.9 Å². The number of nitrogens with zero attached hydrogens (tertiary/aromatic N) is 6. The van der Waals surface area contributed by atoms with Crippen molar-refractivity contribution in [2.75, 3.05) is 11.9 Å². The molecule has 0 radical (unpaired) electrons. The summed E-state index contributed by atoms with van der Waals surface area (Å²) in [7, 11) is 1.80. The van der Waals surface area contributed by atoms with Crippen LogP contribution in [0.4, 0.5) is 16.2 Å². The lowest BCUT2D eigenvalue weighted by molar-refractivity contribution is 0.0997. The number of fused-ring (bicyclic) bond motifs is 2. The van der Waals surface area contributed by atoms with Gasteiger partial charge in [0.25, 0.3) is 5.91 Å². The van der Waals surface area contributed by atoms with Crippen LogP contribution in [-0.4, -0.2) is 42.9 Å². The number of nitrogens with two attached hydrogens (primary N) is 1. The van der Waals surface area contributed by atoms with E-state index in [2.05, 4.69) is 20.4 Å². The third kappa shape index (κ3) is 3.62. The first kappa shape index (κ1) is 21.5. The van der Waals surface area contributed by atoms with Gasteiger partial charge in [-0.15, -0.1) is 0 Å². The summed E-state index contributed by atoms with van der Waals surface area (Å²) in [6, 6.07) is 9.90. The third-order valence-corrected chi connectivity index (χ3v) is 6.11. The van der Waals surface area contributed by atoms with E-state index < -0.39 is 5.91 Å². The second-order valence-electron chi connectivity index (χ2n) is 7.93. The molecule has 34 heavy (non-hydrogen) atoms. The first-order valence-corrected chi connectivity index (χ1v) is 10.8. The van der Waals surface area contributed by atoms with Crippen molar-refractivity contribution in [1.29, 1.82) is 0 Å². The predicted octanol–water partition coefficient (Wildman–Crippen LogP) is 3.79. The number of carbonyl (C=O) groups excluding carboxylic acids is 2. The van der Waals surface area contributed by atoms with E-state index >= 15 is 0 Å². The van der Waals surface area contributed by atoms with Crippen LogP contribution < -0.4 is 11.1 Å². The average molecular weight is 475 g/mol. The minimum absolute atomic E-state index is 0.167. The van der Waals surface area contributed by atoms with Crippen molar-refractivity contribution in [1.82, 2.24) is 24.5 Å². The van der Waals surface area contributed by atoms with Crippen molar-refractivity contribution >= 4 is 45.8 Å². The molecule has 0 unspecified atom stereocenters. The van der Waals surface area contributed by atoms with Crippen molar-refractivity contribution in [2.24, 2.45) is 12.8 Å². The molecule has 3 amide bonds. The van der Waals surface area contributed by atoms with Crippen LogP contribution in [0.15, 0.2) is 42.6 Å². The van der Waals surface area contributed by atoms with Crippen LogP contribution in [0.1, 0.15) is 16.1 Å². The molecule has 11 heteroatoms. The molecule has 2 aromatic carbocycles. The van der Waals surface area contributed by atoms with Gasteiger partial charge in [0.2, 0.25) is 0 Å². The molecule has 0 fully saturated rings. The SMILES string of the molecule is [C-]#[N+]c1ccc(NC(=O)N2CCn3nc(-c4cc(Cl)c5c(cnn5C)c4)c(C(N)=O)c3C2)cc1. The number of aryl methyl sites for hydroxylation is 1. The number of nitrogens with one attached hydrogen (secondary N) is 1. The van der Waals surface area contributed by atoms with E-state index in [-0.39, 0.29) is 18.1 Å². The normalized spacial score (nSPS) is 12.9. The summed E-state index contributed by atoms with van der Waals surface area (Å²) in [6.45, 7) is 8.00. The fourth-order valence-corrected chi connectivity index (χ4v) is 4.53. The zero-order valence-electron chi connectivity index (χ0n) is 18.1. The molecule has 4 aromatic rings. The van der Waals surface area contributed by atoms with Gasteiger partial charge in [0.1, 0.15) is 5.69 Å². The van der Waals surface area contributed by atoms with Crippen molar-refractivity contribution in [2.45, 2.75) is 13.1 Å². The van der Waals surface area contributed by atoms with E-state index in [0.29, 0.717) is 46.4 Å². The monoisotopic (exact) mass is 474 g/mol. The summed E-state index contributed by atoms with van der Waals surface area (Å²) in [5.41, 5.74) is 9.51. The first-order valence-electron chi connectivity index (χ1n) is 10.4. The second kappa shape index (κ2) is 8.20. The lowest BCUT2D eigenvalue weighted by Gasteiger charge is -2.28. The summed E-state index contributed by atoms with van der Waals surface area (Å²) in [5.74, 6) is -0.629. The van der Waals surface area contributed by atoms with Crippen LogP contribution in [0.2, 0.25) is 5.02 Å².